The van der Waals surface area contributed by atoms with Gasteiger partial charge in [-0.15, -0.1) is 0 Å². The van der Waals surface area contributed by atoms with Gasteiger partial charge in [0, 0.05) is 18.6 Å². The van der Waals surface area contributed by atoms with Gasteiger partial charge < -0.3 is 5.11 Å². The van der Waals surface area contributed by atoms with Crippen LogP contribution in [0, 0.1) is 0 Å². The Kier molecular flexibility index (Phi) is 3.73. The molecule has 1 unspecified atom stereocenters. The van der Waals surface area contributed by atoms with E-state index >= 15 is 0 Å². The highest BCUT2D eigenvalue weighted by Gasteiger charge is 2.37. The van der Waals surface area contributed by atoms with Crippen molar-refractivity contribution in [2.45, 2.75) is 44.2 Å². The van der Waals surface area contributed by atoms with Crippen LogP contribution < -0.4 is 0 Å². The Morgan fingerprint density at radius 3 is 2.53 bits per heavy atom. The molecule has 0 spiro atoms. The summed E-state index contributed by atoms with van der Waals surface area (Å²) in [5.41, 5.74) is 0. The van der Waals surface area contributed by atoms with Crippen LogP contribution in [0.5, 0.6) is 0 Å². The van der Waals surface area contributed by atoms with Crippen molar-refractivity contribution >= 4 is 15.8 Å². The molecule has 2 aliphatic rings. The average molecular weight is 261 g/mol. The molecule has 5 nitrogen and oxygen atoms in total. The van der Waals surface area contributed by atoms with Crippen molar-refractivity contribution in [2.24, 2.45) is 0 Å². The maximum Gasteiger partial charge on any atom is 0.304 e. The van der Waals surface area contributed by atoms with E-state index in [1.807, 2.05) is 0 Å². The SMILES string of the molecule is O=C(O)CC1CS(=O)(=O)CCN1C1CCCC1. The summed E-state index contributed by atoms with van der Waals surface area (Å²) in [6.45, 7) is 0.505. The van der Waals surface area contributed by atoms with Crippen LogP contribution in [0.1, 0.15) is 32.1 Å². The molecule has 1 aliphatic heterocycles. The van der Waals surface area contributed by atoms with Crippen LogP contribution in [-0.2, 0) is 14.6 Å². The molecule has 1 atom stereocenters. The molecule has 1 saturated heterocycles. The molecule has 0 aromatic carbocycles. The van der Waals surface area contributed by atoms with E-state index in [9.17, 15) is 13.2 Å². The topological polar surface area (TPSA) is 74.7 Å². The van der Waals surface area contributed by atoms with E-state index in [-0.39, 0.29) is 24.0 Å². The monoisotopic (exact) mass is 261 g/mol. The van der Waals surface area contributed by atoms with Crippen LogP contribution in [0.3, 0.4) is 0 Å². The fourth-order valence-electron chi connectivity index (χ4n) is 2.99. The molecule has 17 heavy (non-hydrogen) atoms. The van der Waals surface area contributed by atoms with Gasteiger partial charge in [-0.1, -0.05) is 12.8 Å². The highest BCUT2D eigenvalue weighted by molar-refractivity contribution is 7.91. The summed E-state index contributed by atoms with van der Waals surface area (Å²) < 4.78 is 23.2. The number of rotatable bonds is 3. The van der Waals surface area contributed by atoms with Crippen LogP contribution in [-0.4, -0.2) is 54.5 Å². The second-order valence-corrected chi connectivity index (χ2v) is 7.27. The predicted molar refractivity (Wildman–Crippen MR) is 63.7 cm³/mol. The third-order valence-electron chi connectivity index (χ3n) is 3.78. The normalized spacial score (nSPS) is 30.5. The van der Waals surface area contributed by atoms with Crippen molar-refractivity contribution in [1.29, 1.82) is 0 Å². The van der Waals surface area contributed by atoms with Crippen molar-refractivity contribution in [3.8, 4) is 0 Å². The van der Waals surface area contributed by atoms with Gasteiger partial charge in [-0.3, -0.25) is 9.69 Å². The molecule has 98 valence electrons. The van der Waals surface area contributed by atoms with Gasteiger partial charge in [0.05, 0.1) is 17.9 Å². The molecule has 2 rings (SSSR count). The summed E-state index contributed by atoms with van der Waals surface area (Å²) in [5, 5.41) is 8.88. The van der Waals surface area contributed by atoms with E-state index in [2.05, 4.69) is 4.90 Å². The Bertz CT molecular complexity index is 386. The minimum atomic E-state index is -3.05. The summed E-state index contributed by atoms with van der Waals surface area (Å²) in [6, 6.07) is 0.0733. The zero-order valence-corrected chi connectivity index (χ0v) is 10.7. The van der Waals surface area contributed by atoms with Gasteiger partial charge in [-0.2, -0.15) is 0 Å². The summed E-state index contributed by atoms with van der Waals surface area (Å²) in [4.78, 5) is 12.9. The number of hydrogen-bond donors (Lipinski definition) is 1. The van der Waals surface area contributed by atoms with E-state index < -0.39 is 15.8 Å². The smallest absolute Gasteiger partial charge is 0.304 e. The first-order valence-corrected chi connectivity index (χ1v) is 7.98. The zero-order valence-electron chi connectivity index (χ0n) is 9.84. The summed E-state index contributed by atoms with van der Waals surface area (Å²) in [6.07, 6.45) is 4.45. The third kappa shape index (κ3) is 3.19. The van der Waals surface area contributed by atoms with Gasteiger partial charge >= 0.3 is 5.97 Å². The first-order chi connectivity index (χ1) is 7.98. The van der Waals surface area contributed by atoms with E-state index in [0.29, 0.717) is 12.6 Å². The first kappa shape index (κ1) is 12.8. The molecule has 0 radical (unpaired) electrons. The molecular formula is C11H19NO4S. The lowest BCUT2D eigenvalue weighted by Crippen LogP contribution is -2.52. The van der Waals surface area contributed by atoms with E-state index in [1.165, 1.54) is 12.8 Å². The van der Waals surface area contributed by atoms with Crippen LogP contribution in [0.2, 0.25) is 0 Å². The second-order valence-electron chi connectivity index (χ2n) is 5.04. The van der Waals surface area contributed by atoms with Gasteiger partial charge in [-0.05, 0) is 12.8 Å². The van der Waals surface area contributed by atoms with Crippen molar-refractivity contribution in [1.82, 2.24) is 4.90 Å². The van der Waals surface area contributed by atoms with Crippen molar-refractivity contribution in [3.63, 3.8) is 0 Å². The average Bonchev–Trinajstić information content (AvgIpc) is 2.68. The summed E-state index contributed by atoms with van der Waals surface area (Å²) in [5.74, 6) is -0.717. The molecule has 6 heteroatoms. The maximum absolute atomic E-state index is 11.6. The Hall–Kier alpha value is -0.620. The van der Waals surface area contributed by atoms with Gasteiger partial charge in [-0.25, -0.2) is 8.42 Å². The standard InChI is InChI=1S/C11H19NO4S/c13-11(14)7-10-8-17(15,16)6-5-12(10)9-3-1-2-4-9/h9-10H,1-8H2,(H,13,14). The fourth-order valence-corrected chi connectivity index (χ4v) is 4.54. The number of carbonyl (C=O) groups is 1. The molecule has 0 bridgehead atoms. The molecule has 1 aliphatic carbocycles. The zero-order chi connectivity index (χ0) is 12.5. The summed E-state index contributed by atoms with van der Waals surface area (Å²) >= 11 is 0. The molecule has 1 heterocycles. The fraction of sp³-hybridized carbons (Fsp3) is 0.909. The minimum absolute atomic E-state index is 0.00972. The van der Waals surface area contributed by atoms with Crippen LogP contribution in [0.25, 0.3) is 0 Å². The van der Waals surface area contributed by atoms with Gasteiger partial charge in [0.2, 0.25) is 0 Å². The van der Waals surface area contributed by atoms with Crippen molar-refractivity contribution < 1.29 is 18.3 Å². The highest BCUT2D eigenvalue weighted by atomic mass is 32.2. The Morgan fingerprint density at radius 1 is 1.29 bits per heavy atom. The number of nitrogens with zero attached hydrogens (tertiary/aromatic N) is 1. The minimum Gasteiger partial charge on any atom is -0.481 e. The van der Waals surface area contributed by atoms with Gasteiger partial charge in [0.25, 0.3) is 0 Å². The third-order valence-corrected chi connectivity index (χ3v) is 5.48. The first-order valence-electron chi connectivity index (χ1n) is 6.16. The quantitative estimate of drug-likeness (QED) is 0.801. The predicted octanol–water partition coefficient (Wildman–Crippen LogP) is 0.503. The maximum atomic E-state index is 11.6. The van der Waals surface area contributed by atoms with Crippen LogP contribution in [0.4, 0.5) is 0 Å². The lowest BCUT2D eigenvalue weighted by atomic mass is 10.1. The van der Waals surface area contributed by atoms with Crippen molar-refractivity contribution in [2.75, 3.05) is 18.1 Å². The number of carboxylic acids is 1. The molecular weight excluding hydrogens is 242 g/mol. The lowest BCUT2D eigenvalue weighted by Gasteiger charge is -2.38. The number of carboxylic acid groups (broad SMARTS) is 1. The Morgan fingerprint density at radius 2 is 1.94 bits per heavy atom. The lowest BCUT2D eigenvalue weighted by molar-refractivity contribution is -0.138. The van der Waals surface area contributed by atoms with Crippen molar-refractivity contribution in [3.05, 3.63) is 0 Å². The van der Waals surface area contributed by atoms with E-state index in [1.54, 1.807) is 0 Å². The second kappa shape index (κ2) is 4.94. The molecule has 1 saturated carbocycles. The Labute approximate surface area is 102 Å². The molecule has 0 aromatic heterocycles. The summed E-state index contributed by atoms with van der Waals surface area (Å²) in [7, 11) is -3.05. The largest absolute Gasteiger partial charge is 0.481 e. The van der Waals surface area contributed by atoms with E-state index in [0.717, 1.165) is 12.8 Å². The molecule has 0 amide bonds. The number of hydrogen-bond acceptors (Lipinski definition) is 4. The van der Waals surface area contributed by atoms with Crippen LogP contribution >= 0.6 is 0 Å². The molecule has 0 aromatic rings. The van der Waals surface area contributed by atoms with Gasteiger partial charge in [0.1, 0.15) is 0 Å². The molecule has 1 N–H and O–H groups in total. The highest BCUT2D eigenvalue weighted by Crippen LogP contribution is 2.28. The number of sulfone groups is 1. The van der Waals surface area contributed by atoms with Crippen LogP contribution in [0.15, 0.2) is 0 Å². The van der Waals surface area contributed by atoms with E-state index in [4.69, 9.17) is 5.11 Å². The molecule has 2 fully saturated rings. The Balaban J connectivity index is 2.09. The number of aliphatic carboxylic acids is 1. The van der Waals surface area contributed by atoms with Gasteiger partial charge in [0.15, 0.2) is 9.84 Å².